The summed E-state index contributed by atoms with van der Waals surface area (Å²) in [5.74, 6) is 0. The zero-order valence-electron chi connectivity index (χ0n) is 12.6. The van der Waals surface area contributed by atoms with Crippen molar-refractivity contribution in [1.29, 1.82) is 0 Å². The number of hydrogen-bond donors (Lipinski definition) is 1. The molecule has 0 aromatic heterocycles. The van der Waals surface area contributed by atoms with E-state index in [0.29, 0.717) is 0 Å². The Kier molecular flexibility index (Phi) is 7.72. The molecule has 0 spiro atoms. The van der Waals surface area contributed by atoms with E-state index < -0.39 is 8.80 Å². The van der Waals surface area contributed by atoms with Crippen LogP contribution in [0.15, 0.2) is 43.0 Å². The van der Waals surface area contributed by atoms with Gasteiger partial charge in [0.15, 0.2) is 0 Å². The predicted octanol–water partition coefficient (Wildman–Crippen LogP) is 2.60. The second-order valence-electron chi connectivity index (χ2n) is 4.54. The number of benzene rings is 1. The molecule has 0 radical (unpaired) electrons. The second kappa shape index (κ2) is 9.04. The Labute approximate surface area is 123 Å². The largest absolute Gasteiger partial charge is 0.500 e. The maximum absolute atomic E-state index is 5.43. The fraction of sp³-hybridized carbons (Fsp3) is 0.467. The lowest BCUT2D eigenvalue weighted by Crippen LogP contribution is -2.44. The quantitative estimate of drug-likeness (QED) is 0.532. The summed E-state index contributed by atoms with van der Waals surface area (Å²) in [5.41, 5.74) is 1.26. The normalized spacial score (nSPS) is 13.2. The first-order chi connectivity index (χ1) is 9.69. The van der Waals surface area contributed by atoms with Gasteiger partial charge < -0.3 is 18.6 Å². The van der Waals surface area contributed by atoms with Gasteiger partial charge in [-0.1, -0.05) is 36.4 Å². The SMILES string of the molecule is C=CC(CC[Si](OC)(OC)OC)NCc1ccccc1. The molecule has 20 heavy (non-hydrogen) atoms. The molecule has 1 aromatic carbocycles. The van der Waals surface area contributed by atoms with Gasteiger partial charge in [0.25, 0.3) is 0 Å². The third kappa shape index (κ3) is 5.18. The number of hydrogen-bond acceptors (Lipinski definition) is 4. The molecule has 0 fully saturated rings. The van der Waals surface area contributed by atoms with E-state index in [1.165, 1.54) is 5.56 Å². The minimum absolute atomic E-state index is 0.211. The van der Waals surface area contributed by atoms with Crippen LogP contribution in [0.25, 0.3) is 0 Å². The van der Waals surface area contributed by atoms with Gasteiger partial charge in [-0.2, -0.15) is 0 Å². The maximum Gasteiger partial charge on any atom is 0.500 e. The van der Waals surface area contributed by atoms with Crippen LogP contribution in [0.4, 0.5) is 0 Å². The van der Waals surface area contributed by atoms with Gasteiger partial charge in [-0.15, -0.1) is 6.58 Å². The summed E-state index contributed by atoms with van der Waals surface area (Å²) >= 11 is 0. The third-order valence-electron chi connectivity index (χ3n) is 3.39. The van der Waals surface area contributed by atoms with Crippen LogP contribution < -0.4 is 5.32 Å². The smallest absolute Gasteiger partial charge is 0.377 e. The first-order valence-corrected chi connectivity index (χ1v) is 8.68. The summed E-state index contributed by atoms with van der Waals surface area (Å²) < 4.78 is 16.3. The lowest BCUT2D eigenvalue weighted by molar-refractivity contribution is 0.122. The van der Waals surface area contributed by atoms with Crippen molar-refractivity contribution in [2.24, 2.45) is 0 Å². The van der Waals surface area contributed by atoms with Gasteiger partial charge in [-0.3, -0.25) is 0 Å². The second-order valence-corrected chi connectivity index (χ2v) is 7.63. The van der Waals surface area contributed by atoms with Gasteiger partial charge >= 0.3 is 8.80 Å². The maximum atomic E-state index is 5.43. The Morgan fingerprint density at radius 2 is 1.75 bits per heavy atom. The first-order valence-electron chi connectivity index (χ1n) is 6.75. The van der Waals surface area contributed by atoms with Gasteiger partial charge in [0.05, 0.1) is 0 Å². The molecule has 1 aromatic rings. The van der Waals surface area contributed by atoms with Gasteiger partial charge in [0.1, 0.15) is 0 Å². The Balaban J connectivity index is 2.45. The number of rotatable bonds is 10. The van der Waals surface area contributed by atoms with Crippen molar-refractivity contribution in [2.75, 3.05) is 21.3 Å². The lowest BCUT2D eigenvalue weighted by Gasteiger charge is -2.26. The van der Waals surface area contributed by atoms with Crippen LogP contribution >= 0.6 is 0 Å². The van der Waals surface area contributed by atoms with Gasteiger partial charge in [-0.25, -0.2) is 0 Å². The average molecular weight is 295 g/mol. The van der Waals surface area contributed by atoms with E-state index in [0.717, 1.165) is 19.0 Å². The standard InChI is InChI=1S/C15H25NO3Si/c1-5-15(11-12-20(17-2,18-3)19-4)16-13-14-9-7-6-8-10-14/h5-10,15-16H,1,11-13H2,2-4H3. The van der Waals surface area contributed by atoms with E-state index in [9.17, 15) is 0 Å². The zero-order valence-corrected chi connectivity index (χ0v) is 13.6. The van der Waals surface area contributed by atoms with Crippen molar-refractivity contribution >= 4 is 8.80 Å². The summed E-state index contributed by atoms with van der Waals surface area (Å²) in [5, 5.41) is 3.47. The molecule has 1 N–H and O–H groups in total. The van der Waals surface area contributed by atoms with Crippen molar-refractivity contribution in [1.82, 2.24) is 5.32 Å². The Morgan fingerprint density at radius 3 is 2.25 bits per heavy atom. The Morgan fingerprint density at radius 1 is 1.15 bits per heavy atom. The van der Waals surface area contributed by atoms with E-state index in [-0.39, 0.29) is 6.04 Å². The van der Waals surface area contributed by atoms with Gasteiger partial charge in [0, 0.05) is 40.0 Å². The molecule has 112 valence electrons. The predicted molar refractivity (Wildman–Crippen MR) is 83.5 cm³/mol. The molecule has 0 aliphatic carbocycles. The molecule has 1 atom stereocenters. The summed E-state index contributed by atoms with van der Waals surface area (Å²) in [4.78, 5) is 0. The van der Waals surface area contributed by atoms with Crippen molar-refractivity contribution in [3.8, 4) is 0 Å². The average Bonchev–Trinajstić information content (AvgIpc) is 2.53. The summed E-state index contributed by atoms with van der Waals surface area (Å²) in [6.07, 6.45) is 2.79. The van der Waals surface area contributed by atoms with Crippen molar-refractivity contribution in [2.45, 2.75) is 25.1 Å². The van der Waals surface area contributed by atoms with E-state index in [2.05, 4.69) is 24.0 Å². The van der Waals surface area contributed by atoms with Crippen LogP contribution in [0, 0.1) is 0 Å². The molecule has 4 nitrogen and oxygen atoms in total. The molecule has 0 amide bonds. The first kappa shape index (κ1) is 17.1. The molecule has 0 saturated carbocycles. The molecule has 1 rings (SSSR count). The molecule has 0 aliphatic rings. The molecule has 1 unspecified atom stereocenters. The van der Waals surface area contributed by atoms with Gasteiger partial charge in [0.2, 0.25) is 0 Å². The Hall–Kier alpha value is -0.983. The van der Waals surface area contributed by atoms with E-state index in [1.807, 2.05) is 24.3 Å². The van der Waals surface area contributed by atoms with Crippen molar-refractivity contribution in [3.63, 3.8) is 0 Å². The number of nitrogens with one attached hydrogen (secondary N) is 1. The van der Waals surface area contributed by atoms with Crippen LogP contribution in [-0.2, 0) is 19.8 Å². The van der Waals surface area contributed by atoms with Crippen LogP contribution in [0.5, 0.6) is 0 Å². The molecule has 0 heterocycles. The third-order valence-corrected chi connectivity index (χ3v) is 6.16. The van der Waals surface area contributed by atoms with Crippen molar-refractivity contribution < 1.29 is 13.3 Å². The van der Waals surface area contributed by atoms with E-state index in [1.54, 1.807) is 21.3 Å². The molecule has 5 heteroatoms. The minimum atomic E-state index is -2.49. The molecule has 0 saturated heterocycles. The highest BCUT2D eigenvalue weighted by atomic mass is 28.4. The van der Waals surface area contributed by atoms with Crippen LogP contribution in [-0.4, -0.2) is 36.2 Å². The highest BCUT2D eigenvalue weighted by Crippen LogP contribution is 2.17. The minimum Gasteiger partial charge on any atom is -0.377 e. The molecule has 0 aliphatic heterocycles. The topological polar surface area (TPSA) is 39.7 Å². The van der Waals surface area contributed by atoms with E-state index >= 15 is 0 Å². The molecular formula is C15H25NO3Si. The Bertz CT molecular complexity index is 374. The summed E-state index contributed by atoms with van der Waals surface area (Å²) in [6, 6.07) is 11.3. The van der Waals surface area contributed by atoms with Crippen molar-refractivity contribution in [3.05, 3.63) is 48.6 Å². The molecular weight excluding hydrogens is 270 g/mol. The molecule has 0 bridgehead atoms. The highest BCUT2D eigenvalue weighted by Gasteiger charge is 2.37. The van der Waals surface area contributed by atoms with Crippen LogP contribution in [0.2, 0.25) is 6.04 Å². The monoisotopic (exact) mass is 295 g/mol. The van der Waals surface area contributed by atoms with Crippen LogP contribution in [0.3, 0.4) is 0 Å². The van der Waals surface area contributed by atoms with E-state index in [4.69, 9.17) is 13.3 Å². The summed E-state index contributed by atoms with van der Waals surface area (Å²) in [7, 11) is 2.42. The fourth-order valence-electron chi connectivity index (χ4n) is 2.04. The zero-order chi connectivity index (χ0) is 14.8. The summed E-state index contributed by atoms with van der Waals surface area (Å²) in [6.45, 7) is 4.70. The lowest BCUT2D eigenvalue weighted by atomic mass is 10.2. The highest BCUT2D eigenvalue weighted by molar-refractivity contribution is 6.60. The fourth-order valence-corrected chi connectivity index (χ4v) is 3.81. The van der Waals surface area contributed by atoms with Gasteiger partial charge in [-0.05, 0) is 12.0 Å². The van der Waals surface area contributed by atoms with Crippen LogP contribution in [0.1, 0.15) is 12.0 Å².